The summed E-state index contributed by atoms with van der Waals surface area (Å²) in [6, 6.07) is 0. The lowest BCUT2D eigenvalue weighted by Gasteiger charge is -2.35. The van der Waals surface area contributed by atoms with Crippen molar-refractivity contribution in [2.24, 2.45) is 0 Å². The van der Waals surface area contributed by atoms with Gasteiger partial charge in [0.05, 0.1) is 19.2 Å². The summed E-state index contributed by atoms with van der Waals surface area (Å²) >= 11 is 6.96. The van der Waals surface area contributed by atoms with Crippen LogP contribution in [-0.4, -0.2) is 53.5 Å². The van der Waals surface area contributed by atoms with Gasteiger partial charge in [0, 0.05) is 20.2 Å². The normalized spacial score (nSPS) is 19.5. The summed E-state index contributed by atoms with van der Waals surface area (Å²) in [5.74, 6) is 0.999. The minimum atomic E-state index is 0.797. The van der Waals surface area contributed by atoms with E-state index in [-0.39, 0.29) is 0 Å². The molecule has 0 bridgehead atoms. The molecule has 76 valence electrons. The highest BCUT2D eigenvalue weighted by molar-refractivity contribution is 8.22. The molecule has 1 rings (SSSR count). The quantitative estimate of drug-likeness (QED) is 0.660. The second-order valence-corrected chi connectivity index (χ2v) is 4.50. The Hall–Kier alpha value is 0.160. The van der Waals surface area contributed by atoms with Crippen molar-refractivity contribution in [1.29, 1.82) is 0 Å². The van der Waals surface area contributed by atoms with Gasteiger partial charge in [-0.3, -0.25) is 4.90 Å². The molecule has 0 aromatic carbocycles. The third-order valence-electron chi connectivity index (χ3n) is 1.99. The van der Waals surface area contributed by atoms with E-state index in [9.17, 15) is 0 Å². The van der Waals surface area contributed by atoms with Crippen LogP contribution in [0.3, 0.4) is 0 Å². The van der Waals surface area contributed by atoms with Crippen LogP contribution in [0.5, 0.6) is 0 Å². The van der Waals surface area contributed by atoms with E-state index in [2.05, 4.69) is 16.7 Å². The number of hydrogen-bond donors (Lipinski definition) is 0. The van der Waals surface area contributed by atoms with Gasteiger partial charge in [-0.2, -0.15) is 0 Å². The van der Waals surface area contributed by atoms with E-state index in [1.807, 2.05) is 0 Å². The number of nitrogens with zero attached hydrogens (tertiary/aromatic N) is 2. The molecule has 0 spiro atoms. The highest BCUT2D eigenvalue weighted by Crippen LogP contribution is 2.17. The van der Waals surface area contributed by atoms with Crippen LogP contribution < -0.4 is 0 Å². The Labute approximate surface area is 89.4 Å². The van der Waals surface area contributed by atoms with Crippen LogP contribution in [-0.2, 0) is 4.74 Å². The topological polar surface area (TPSA) is 15.7 Å². The maximum absolute atomic E-state index is 5.22. The van der Waals surface area contributed by atoms with Crippen molar-refractivity contribution in [3.8, 4) is 0 Å². The van der Waals surface area contributed by atoms with E-state index in [0.29, 0.717) is 0 Å². The van der Waals surface area contributed by atoms with E-state index in [4.69, 9.17) is 17.0 Å². The first kappa shape index (κ1) is 11.2. The van der Waals surface area contributed by atoms with Crippen molar-refractivity contribution in [2.45, 2.75) is 6.92 Å². The summed E-state index contributed by atoms with van der Waals surface area (Å²) in [7, 11) is 1.74. The third kappa shape index (κ3) is 3.42. The summed E-state index contributed by atoms with van der Waals surface area (Å²) < 4.78 is 6.06. The van der Waals surface area contributed by atoms with Crippen molar-refractivity contribution in [2.75, 3.05) is 39.4 Å². The number of thiocarbonyl (C=S) groups is 1. The third-order valence-corrected chi connectivity index (χ3v) is 3.60. The first-order valence-electron chi connectivity index (χ1n) is 4.41. The lowest BCUT2D eigenvalue weighted by atomic mass is 10.5. The van der Waals surface area contributed by atoms with Crippen molar-refractivity contribution in [3.05, 3.63) is 0 Å². The standard InChI is InChI=1S/C8H16N2OS2/c1-3-10-6-9(4-5-11-2)7-13-8(10)12/h3-7H2,1-2H3. The van der Waals surface area contributed by atoms with Gasteiger partial charge in [-0.1, -0.05) is 24.0 Å². The molecular weight excluding hydrogens is 204 g/mol. The van der Waals surface area contributed by atoms with Gasteiger partial charge in [0.2, 0.25) is 0 Å². The van der Waals surface area contributed by atoms with Crippen LogP contribution in [0.4, 0.5) is 0 Å². The molecule has 1 fully saturated rings. The van der Waals surface area contributed by atoms with Crippen molar-refractivity contribution >= 4 is 28.3 Å². The fourth-order valence-corrected chi connectivity index (χ4v) is 2.38. The Kier molecular flexibility index (Phi) is 5.01. The minimum Gasteiger partial charge on any atom is -0.383 e. The molecule has 13 heavy (non-hydrogen) atoms. The molecule has 0 N–H and O–H groups in total. The molecule has 0 aliphatic carbocycles. The first-order valence-corrected chi connectivity index (χ1v) is 5.80. The van der Waals surface area contributed by atoms with Crippen molar-refractivity contribution < 1.29 is 4.74 Å². The van der Waals surface area contributed by atoms with E-state index in [1.165, 1.54) is 0 Å². The van der Waals surface area contributed by atoms with Gasteiger partial charge >= 0.3 is 0 Å². The highest BCUT2D eigenvalue weighted by Gasteiger charge is 2.19. The molecule has 1 heterocycles. The summed E-state index contributed by atoms with van der Waals surface area (Å²) in [6.45, 7) is 5.86. The number of hydrogen-bond acceptors (Lipinski definition) is 4. The van der Waals surface area contributed by atoms with Gasteiger partial charge in [-0.05, 0) is 6.92 Å². The molecule has 1 saturated heterocycles. The number of rotatable bonds is 4. The molecule has 1 aliphatic rings. The minimum absolute atomic E-state index is 0.797. The predicted octanol–water partition coefficient (Wildman–Crippen LogP) is 1.20. The van der Waals surface area contributed by atoms with Gasteiger partial charge in [-0.15, -0.1) is 0 Å². The zero-order valence-corrected chi connectivity index (χ0v) is 9.79. The molecule has 0 aromatic heterocycles. The second kappa shape index (κ2) is 5.80. The van der Waals surface area contributed by atoms with Crippen LogP contribution in [0.1, 0.15) is 6.92 Å². The number of methoxy groups -OCH3 is 1. The Bertz CT molecular complexity index is 178. The smallest absolute Gasteiger partial charge is 0.138 e. The zero-order chi connectivity index (χ0) is 9.68. The first-order chi connectivity index (χ1) is 6.27. The zero-order valence-electron chi connectivity index (χ0n) is 8.15. The molecule has 0 unspecified atom stereocenters. The Morgan fingerprint density at radius 2 is 2.38 bits per heavy atom. The number of ether oxygens (including phenoxy) is 1. The summed E-state index contributed by atoms with van der Waals surface area (Å²) in [4.78, 5) is 4.55. The molecule has 3 nitrogen and oxygen atoms in total. The van der Waals surface area contributed by atoms with Crippen LogP contribution in [0.25, 0.3) is 0 Å². The van der Waals surface area contributed by atoms with E-state index in [1.54, 1.807) is 18.9 Å². The molecule has 0 radical (unpaired) electrons. The molecule has 1 aliphatic heterocycles. The van der Waals surface area contributed by atoms with E-state index in [0.717, 1.165) is 36.6 Å². The van der Waals surface area contributed by atoms with Gasteiger partial charge in [0.1, 0.15) is 4.32 Å². The van der Waals surface area contributed by atoms with Crippen LogP contribution in [0, 0.1) is 0 Å². The Morgan fingerprint density at radius 1 is 1.62 bits per heavy atom. The average molecular weight is 220 g/mol. The van der Waals surface area contributed by atoms with Crippen LogP contribution in [0.15, 0.2) is 0 Å². The molecular formula is C8H16N2OS2. The van der Waals surface area contributed by atoms with Crippen LogP contribution >= 0.6 is 24.0 Å². The maximum atomic E-state index is 5.22. The fourth-order valence-electron chi connectivity index (χ4n) is 1.16. The predicted molar refractivity (Wildman–Crippen MR) is 60.9 cm³/mol. The SMILES string of the molecule is CCN1CN(CCOC)CSC1=S. The summed E-state index contributed by atoms with van der Waals surface area (Å²) in [5.41, 5.74) is 0. The monoisotopic (exact) mass is 220 g/mol. The lowest BCUT2D eigenvalue weighted by molar-refractivity contribution is 0.134. The molecule has 0 atom stereocenters. The summed E-state index contributed by atoms with van der Waals surface area (Å²) in [6.07, 6.45) is 0. The largest absolute Gasteiger partial charge is 0.383 e. The lowest BCUT2D eigenvalue weighted by Crippen LogP contribution is -2.45. The molecule has 5 heteroatoms. The average Bonchev–Trinajstić information content (AvgIpc) is 2.16. The molecule has 0 aromatic rings. The van der Waals surface area contributed by atoms with Gasteiger partial charge < -0.3 is 9.64 Å². The highest BCUT2D eigenvalue weighted by atomic mass is 32.2. The summed E-state index contributed by atoms with van der Waals surface area (Å²) in [5, 5.41) is 0. The van der Waals surface area contributed by atoms with Gasteiger partial charge in [0.15, 0.2) is 0 Å². The maximum Gasteiger partial charge on any atom is 0.138 e. The fraction of sp³-hybridized carbons (Fsp3) is 0.875. The molecule has 0 saturated carbocycles. The Morgan fingerprint density at radius 3 is 3.00 bits per heavy atom. The van der Waals surface area contributed by atoms with E-state index < -0.39 is 0 Å². The van der Waals surface area contributed by atoms with E-state index >= 15 is 0 Å². The molecule has 0 amide bonds. The van der Waals surface area contributed by atoms with Crippen molar-refractivity contribution in [1.82, 2.24) is 9.80 Å². The van der Waals surface area contributed by atoms with Crippen LogP contribution in [0.2, 0.25) is 0 Å². The van der Waals surface area contributed by atoms with Gasteiger partial charge in [0.25, 0.3) is 0 Å². The Balaban J connectivity index is 2.31. The van der Waals surface area contributed by atoms with Crippen molar-refractivity contribution in [3.63, 3.8) is 0 Å². The second-order valence-electron chi connectivity index (χ2n) is 2.92. The van der Waals surface area contributed by atoms with Gasteiger partial charge in [-0.25, -0.2) is 0 Å². The number of thioether (sulfide) groups is 1.